The van der Waals surface area contributed by atoms with Gasteiger partial charge in [0.2, 0.25) is 0 Å². The summed E-state index contributed by atoms with van der Waals surface area (Å²) >= 11 is 0. The molecular weight excluding hydrogens is 386 g/mol. The van der Waals surface area contributed by atoms with Gasteiger partial charge in [-0.25, -0.2) is 0 Å². The molecule has 4 nitrogen and oxygen atoms in total. The summed E-state index contributed by atoms with van der Waals surface area (Å²) in [6.07, 6.45) is 2.37. The van der Waals surface area contributed by atoms with Gasteiger partial charge in [-0.1, -0.05) is 54.1 Å². The van der Waals surface area contributed by atoms with Crippen molar-refractivity contribution in [3.63, 3.8) is 0 Å². The van der Waals surface area contributed by atoms with Gasteiger partial charge in [-0.05, 0) is 59.7 Å². The number of ether oxygens (including phenoxy) is 2. The van der Waals surface area contributed by atoms with Crippen LogP contribution in [0.2, 0.25) is 0 Å². The highest BCUT2D eigenvalue weighted by Gasteiger charge is 2.21. The summed E-state index contributed by atoms with van der Waals surface area (Å²) in [7, 11) is 3.10. The SMILES string of the molecule is COC(=O)Cc1ccc(OC)c(-c2ccc(C)cc2CNC2Cc3ccccc3C2)c1. The third-order valence-electron chi connectivity index (χ3n) is 6.02. The third-order valence-corrected chi connectivity index (χ3v) is 6.02. The van der Waals surface area contributed by atoms with Crippen LogP contribution >= 0.6 is 0 Å². The molecule has 0 bridgehead atoms. The van der Waals surface area contributed by atoms with Crippen LogP contribution in [-0.2, 0) is 35.3 Å². The minimum atomic E-state index is -0.247. The van der Waals surface area contributed by atoms with Gasteiger partial charge in [-0.3, -0.25) is 4.79 Å². The fourth-order valence-corrected chi connectivity index (χ4v) is 4.40. The molecule has 0 saturated heterocycles. The molecule has 0 unspecified atom stereocenters. The molecule has 3 aromatic rings. The minimum absolute atomic E-state index is 0.243. The fraction of sp³-hybridized carbons (Fsp3) is 0.296. The van der Waals surface area contributed by atoms with Gasteiger partial charge in [0.15, 0.2) is 0 Å². The van der Waals surface area contributed by atoms with Gasteiger partial charge in [0.05, 0.1) is 20.6 Å². The lowest BCUT2D eigenvalue weighted by atomic mass is 9.94. The summed E-state index contributed by atoms with van der Waals surface area (Å²) < 4.78 is 10.5. The van der Waals surface area contributed by atoms with Crippen LogP contribution in [0.15, 0.2) is 60.7 Å². The van der Waals surface area contributed by atoms with Crippen molar-refractivity contribution in [1.29, 1.82) is 0 Å². The second kappa shape index (κ2) is 9.36. The lowest BCUT2D eigenvalue weighted by molar-refractivity contribution is -0.139. The highest BCUT2D eigenvalue weighted by molar-refractivity contribution is 5.77. The van der Waals surface area contributed by atoms with E-state index < -0.39 is 0 Å². The molecule has 31 heavy (non-hydrogen) atoms. The molecule has 3 aromatic carbocycles. The average molecular weight is 416 g/mol. The van der Waals surface area contributed by atoms with Gasteiger partial charge in [0.25, 0.3) is 0 Å². The topological polar surface area (TPSA) is 47.6 Å². The van der Waals surface area contributed by atoms with Gasteiger partial charge in [-0.2, -0.15) is 0 Å². The molecule has 160 valence electrons. The Balaban J connectivity index is 1.60. The highest BCUT2D eigenvalue weighted by Crippen LogP contribution is 2.34. The standard InChI is InChI=1S/C27H29NO3/c1-18-8-10-24(25-13-19(14-27(29)31-3)9-11-26(25)30-2)22(12-18)17-28-23-15-20-6-4-5-7-21(20)16-23/h4-13,23,28H,14-17H2,1-3H3. The van der Waals surface area contributed by atoms with Crippen LogP contribution in [0, 0.1) is 6.92 Å². The molecule has 0 atom stereocenters. The van der Waals surface area contributed by atoms with Gasteiger partial charge in [0, 0.05) is 18.2 Å². The number of fused-ring (bicyclic) bond motifs is 1. The van der Waals surface area contributed by atoms with Gasteiger partial charge >= 0.3 is 5.97 Å². The Hall–Kier alpha value is -3.11. The molecule has 0 fully saturated rings. The van der Waals surface area contributed by atoms with Crippen LogP contribution in [0.4, 0.5) is 0 Å². The smallest absolute Gasteiger partial charge is 0.309 e. The second-order valence-corrected chi connectivity index (χ2v) is 8.20. The molecule has 0 heterocycles. The first kappa shape index (κ1) is 21.1. The number of esters is 1. The summed E-state index contributed by atoms with van der Waals surface area (Å²) in [6.45, 7) is 2.89. The van der Waals surface area contributed by atoms with E-state index in [2.05, 4.69) is 54.7 Å². The van der Waals surface area contributed by atoms with E-state index in [0.717, 1.165) is 41.8 Å². The van der Waals surface area contributed by atoms with Gasteiger partial charge < -0.3 is 14.8 Å². The number of carbonyl (C=O) groups excluding carboxylic acids is 1. The number of hydrogen-bond donors (Lipinski definition) is 1. The highest BCUT2D eigenvalue weighted by atomic mass is 16.5. The van der Waals surface area contributed by atoms with E-state index in [9.17, 15) is 4.79 Å². The lowest BCUT2D eigenvalue weighted by Crippen LogP contribution is -2.29. The summed E-state index contributed by atoms with van der Waals surface area (Å²) in [5.74, 6) is 0.551. The number of carbonyl (C=O) groups is 1. The van der Waals surface area contributed by atoms with Gasteiger partial charge in [0.1, 0.15) is 5.75 Å². The molecule has 1 aliphatic rings. The van der Waals surface area contributed by atoms with Crippen LogP contribution in [0.5, 0.6) is 5.75 Å². The summed E-state index contributed by atoms with van der Waals surface area (Å²) in [4.78, 5) is 11.8. The monoisotopic (exact) mass is 415 g/mol. The fourth-order valence-electron chi connectivity index (χ4n) is 4.40. The number of hydrogen-bond acceptors (Lipinski definition) is 4. The average Bonchev–Trinajstić information content (AvgIpc) is 3.20. The number of rotatable bonds is 7. The molecule has 0 amide bonds. The van der Waals surface area contributed by atoms with E-state index >= 15 is 0 Å². The van der Waals surface area contributed by atoms with Crippen molar-refractivity contribution in [2.75, 3.05) is 14.2 Å². The van der Waals surface area contributed by atoms with E-state index in [1.807, 2.05) is 18.2 Å². The van der Waals surface area contributed by atoms with Crippen molar-refractivity contribution in [1.82, 2.24) is 5.32 Å². The van der Waals surface area contributed by atoms with Gasteiger partial charge in [-0.15, -0.1) is 0 Å². The summed E-state index contributed by atoms with van der Waals surface area (Å²) in [6, 6.07) is 21.5. The molecule has 4 rings (SSSR count). The third kappa shape index (κ3) is 4.80. The van der Waals surface area contributed by atoms with Crippen molar-refractivity contribution < 1.29 is 14.3 Å². The summed E-state index contributed by atoms with van der Waals surface area (Å²) in [5, 5.41) is 3.76. The predicted molar refractivity (Wildman–Crippen MR) is 123 cm³/mol. The van der Waals surface area contributed by atoms with Crippen molar-refractivity contribution in [3.05, 3.63) is 88.5 Å². The first-order valence-electron chi connectivity index (χ1n) is 10.7. The Labute approximate surface area is 184 Å². The maximum Gasteiger partial charge on any atom is 0.309 e. The maximum absolute atomic E-state index is 11.8. The molecule has 0 aliphatic heterocycles. The molecule has 0 aromatic heterocycles. The normalized spacial score (nSPS) is 13.1. The quantitative estimate of drug-likeness (QED) is 0.571. The first-order valence-corrected chi connectivity index (χ1v) is 10.7. The number of benzene rings is 3. The van der Waals surface area contributed by atoms with Crippen LogP contribution in [0.1, 0.15) is 27.8 Å². The van der Waals surface area contributed by atoms with E-state index in [4.69, 9.17) is 9.47 Å². The Morgan fingerprint density at radius 2 is 1.71 bits per heavy atom. The summed E-state index contributed by atoms with van der Waals surface area (Å²) in [5.41, 5.74) is 8.37. The number of methoxy groups -OCH3 is 2. The van der Waals surface area contributed by atoms with Crippen LogP contribution in [-0.4, -0.2) is 26.2 Å². The largest absolute Gasteiger partial charge is 0.496 e. The number of nitrogens with one attached hydrogen (secondary N) is 1. The first-order chi connectivity index (χ1) is 15.1. The zero-order valence-corrected chi connectivity index (χ0v) is 18.4. The molecule has 4 heteroatoms. The van der Waals surface area contributed by atoms with Crippen molar-refractivity contribution in [2.24, 2.45) is 0 Å². The Morgan fingerprint density at radius 1 is 0.968 bits per heavy atom. The zero-order valence-electron chi connectivity index (χ0n) is 18.4. The minimum Gasteiger partial charge on any atom is -0.496 e. The zero-order chi connectivity index (χ0) is 21.8. The van der Waals surface area contributed by atoms with E-state index in [0.29, 0.717) is 6.04 Å². The maximum atomic E-state index is 11.8. The molecule has 0 saturated carbocycles. The van der Waals surface area contributed by atoms with E-state index in [-0.39, 0.29) is 12.4 Å². The number of aryl methyl sites for hydroxylation is 1. The van der Waals surface area contributed by atoms with Crippen molar-refractivity contribution in [2.45, 2.75) is 38.8 Å². The van der Waals surface area contributed by atoms with Crippen molar-refractivity contribution in [3.8, 4) is 16.9 Å². The molecule has 1 aliphatic carbocycles. The van der Waals surface area contributed by atoms with Crippen LogP contribution < -0.4 is 10.1 Å². The van der Waals surface area contributed by atoms with Crippen molar-refractivity contribution >= 4 is 5.97 Å². The molecular formula is C27H29NO3. The Bertz CT molecular complexity index is 1060. The predicted octanol–water partition coefficient (Wildman–Crippen LogP) is 4.64. The second-order valence-electron chi connectivity index (χ2n) is 8.20. The van der Waals surface area contributed by atoms with Crippen LogP contribution in [0.3, 0.4) is 0 Å². The van der Waals surface area contributed by atoms with E-state index in [1.165, 1.54) is 29.4 Å². The molecule has 0 radical (unpaired) electrons. The Morgan fingerprint density at radius 3 is 2.39 bits per heavy atom. The molecule has 0 spiro atoms. The molecule has 1 N–H and O–H groups in total. The lowest BCUT2D eigenvalue weighted by Gasteiger charge is -2.18. The van der Waals surface area contributed by atoms with Crippen LogP contribution in [0.25, 0.3) is 11.1 Å². The van der Waals surface area contributed by atoms with E-state index in [1.54, 1.807) is 7.11 Å². The Kier molecular flexibility index (Phi) is 6.38.